The summed E-state index contributed by atoms with van der Waals surface area (Å²) in [5.74, 6) is 0.939. The molecule has 1 aliphatic rings. The van der Waals surface area contributed by atoms with Crippen molar-refractivity contribution in [2.24, 2.45) is 10.4 Å². The van der Waals surface area contributed by atoms with Gasteiger partial charge in [0.25, 0.3) is 0 Å². The molecule has 6 heteroatoms. The molecule has 132 valence electrons. The van der Waals surface area contributed by atoms with E-state index in [0.717, 1.165) is 45.2 Å². The molecule has 1 aliphatic carbocycles. The number of hydrogen-bond acceptors (Lipinski definition) is 3. The SMILES string of the molecule is CCC1(CNC(=NC)NCCCN(C)CCOC)CCC1.I. The van der Waals surface area contributed by atoms with Crippen LogP contribution in [0.3, 0.4) is 0 Å². The lowest BCUT2D eigenvalue weighted by Gasteiger charge is -2.41. The first-order valence-corrected chi connectivity index (χ1v) is 8.28. The number of ether oxygens (including phenoxy) is 1. The van der Waals surface area contributed by atoms with Crippen molar-refractivity contribution in [2.45, 2.75) is 39.0 Å². The molecule has 0 aliphatic heterocycles. The largest absolute Gasteiger partial charge is 0.383 e. The van der Waals surface area contributed by atoms with Crippen molar-refractivity contribution >= 4 is 29.9 Å². The quantitative estimate of drug-likeness (QED) is 0.244. The van der Waals surface area contributed by atoms with Crippen molar-refractivity contribution in [2.75, 3.05) is 54.0 Å². The van der Waals surface area contributed by atoms with Gasteiger partial charge in [0, 0.05) is 33.8 Å². The summed E-state index contributed by atoms with van der Waals surface area (Å²) in [6.07, 6.45) is 6.48. The highest BCUT2D eigenvalue weighted by Gasteiger charge is 2.34. The first-order chi connectivity index (χ1) is 10.2. The molecule has 0 heterocycles. The van der Waals surface area contributed by atoms with Crippen LogP contribution in [0.4, 0.5) is 0 Å². The molecule has 2 N–H and O–H groups in total. The van der Waals surface area contributed by atoms with Gasteiger partial charge in [0.2, 0.25) is 0 Å². The predicted molar refractivity (Wildman–Crippen MR) is 105 cm³/mol. The minimum Gasteiger partial charge on any atom is -0.383 e. The molecule has 0 bridgehead atoms. The standard InChI is InChI=1S/C16H34N4O.HI/c1-5-16(8-6-9-16)14-19-15(17-2)18-10-7-11-20(3)12-13-21-4;/h5-14H2,1-4H3,(H2,17,18,19);1H. The van der Waals surface area contributed by atoms with Crippen LogP contribution in [0.2, 0.25) is 0 Å². The van der Waals surface area contributed by atoms with E-state index in [9.17, 15) is 0 Å². The van der Waals surface area contributed by atoms with E-state index in [1.54, 1.807) is 7.11 Å². The van der Waals surface area contributed by atoms with E-state index in [1.165, 1.54) is 25.7 Å². The highest BCUT2D eigenvalue weighted by atomic mass is 127. The van der Waals surface area contributed by atoms with E-state index >= 15 is 0 Å². The van der Waals surface area contributed by atoms with Crippen molar-refractivity contribution < 1.29 is 4.74 Å². The van der Waals surface area contributed by atoms with Crippen LogP contribution in [0.15, 0.2) is 4.99 Å². The second-order valence-electron chi connectivity index (χ2n) is 6.21. The summed E-state index contributed by atoms with van der Waals surface area (Å²) in [7, 11) is 5.73. The summed E-state index contributed by atoms with van der Waals surface area (Å²) in [6, 6.07) is 0. The van der Waals surface area contributed by atoms with Crippen LogP contribution in [-0.4, -0.2) is 64.9 Å². The highest BCUT2D eigenvalue weighted by Crippen LogP contribution is 2.42. The second kappa shape index (κ2) is 12.4. The molecular weight excluding hydrogens is 391 g/mol. The Balaban J connectivity index is 0.00000441. The third-order valence-electron chi connectivity index (χ3n) is 4.70. The molecular formula is C16H35IN4O. The molecule has 22 heavy (non-hydrogen) atoms. The fraction of sp³-hybridized carbons (Fsp3) is 0.938. The Hall–Kier alpha value is -0.0800. The number of guanidine groups is 1. The lowest BCUT2D eigenvalue weighted by atomic mass is 9.67. The number of nitrogens with one attached hydrogen (secondary N) is 2. The fourth-order valence-corrected chi connectivity index (χ4v) is 2.74. The van der Waals surface area contributed by atoms with Gasteiger partial charge in [-0.05, 0) is 44.7 Å². The summed E-state index contributed by atoms with van der Waals surface area (Å²) in [6.45, 7) is 7.17. The number of aliphatic imine (C=N–C) groups is 1. The molecule has 0 atom stereocenters. The molecule has 0 aromatic carbocycles. The van der Waals surface area contributed by atoms with Gasteiger partial charge in [-0.15, -0.1) is 24.0 Å². The zero-order valence-electron chi connectivity index (χ0n) is 14.8. The number of methoxy groups -OCH3 is 1. The number of rotatable bonds is 10. The zero-order chi connectivity index (χ0) is 15.6. The lowest BCUT2D eigenvalue weighted by Crippen LogP contribution is -2.46. The van der Waals surface area contributed by atoms with Crippen LogP contribution < -0.4 is 10.6 Å². The third kappa shape index (κ3) is 7.97. The van der Waals surface area contributed by atoms with Gasteiger partial charge in [-0.2, -0.15) is 0 Å². The minimum atomic E-state index is 0. The van der Waals surface area contributed by atoms with Gasteiger partial charge in [-0.3, -0.25) is 4.99 Å². The van der Waals surface area contributed by atoms with Crippen LogP contribution in [0.5, 0.6) is 0 Å². The van der Waals surface area contributed by atoms with Gasteiger partial charge in [-0.25, -0.2) is 0 Å². The zero-order valence-corrected chi connectivity index (χ0v) is 17.1. The first-order valence-electron chi connectivity index (χ1n) is 8.28. The molecule has 1 fully saturated rings. The molecule has 0 unspecified atom stereocenters. The van der Waals surface area contributed by atoms with Crippen molar-refractivity contribution in [3.8, 4) is 0 Å². The van der Waals surface area contributed by atoms with Gasteiger partial charge in [0.1, 0.15) is 0 Å². The summed E-state index contributed by atoms with van der Waals surface area (Å²) in [5.41, 5.74) is 0.526. The van der Waals surface area contributed by atoms with Crippen LogP contribution >= 0.6 is 24.0 Å². The second-order valence-corrected chi connectivity index (χ2v) is 6.21. The Kier molecular flexibility index (Phi) is 12.3. The molecule has 1 saturated carbocycles. The molecule has 0 radical (unpaired) electrons. The van der Waals surface area contributed by atoms with Gasteiger partial charge in [-0.1, -0.05) is 13.3 Å². The van der Waals surface area contributed by atoms with Crippen molar-refractivity contribution in [3.63, 3.8) is 0 Å². The Morgan fingerprint density at radius 3 is 2.50 bits per heavy atom. The van der Waals surface area contributed by atoms with E-state index in [2.05, 4.69) is 34.5 Å². The van der Waals surface area contributed by atoms with Gasteiger partial charge in [0.15, 0.2) is 5.96 Å². The molecule has 0 amide bonds. The number of hydrogen-bond donors (Lipinski definition) is 2. The maximum absolute atomic E-state index is 5.08. The Labute approximate surface area is 153 Å². The lowest BCUT2D eigenvalue weighted by molar-refractivity contribution is 0.131. The number of nitrogens with zero attached hydrogens (tertiary/aromatic N) is 2. The highest BCUT2D eigenvalue weighted by molar-refractivity contribution is 14.0. The average molecular weight is 426 g/mol. The summed E-state index contributed by atoms with van der Waals surface area (Å²) < 4.78 is 5.08. The monoisotopic (exact) mass is 426 g/mol. The third-order valence-corrected chi connectivity index (χ3v) is 4.70. The van der Waals surface area contributed by atoms with Crippen LogP contribution in [0, 0.1) is 5.41 Å². The van der Waals surface area contributed by atoms with Gasteiger partial charge >= 0.3 is 0 Å². The van der Waals surface area contributed by atoms with E-state index in [4.69, 9.17) is 4.74 Å². The van der Waals surface area contributed by atoms with Crippen molar-refractivity contribution in [1.29, 1.82) is 0 Å². The summed E-state index contributed by atoms with van der Waals surface area (Å²) in [5, 5.41) is 6.90. The Bertz CT molecular complexity index is 303. The normalized spacial score (nSPS) is 16.9. The molecule has 0 spiro atoms. The first kappa shape index (κ1) is 21.9. The smallest absolute Gasteiger partial charge is 0.190 e. The number of halogens is 1. The Morgan fingerprint density at radius 2 is 2.00 bits per heavy atom. The van der Waals surface area contributed by atoms with Crippen LogP contribution in [-0.2, 0) is 4.74 Å². The Morgan fingerprint density at radius 1 is 1.27 bits per heavy atom. The molecule has 1 rings (SSSR count). The predicted octanol–water partition coefficient (Wildman–Crippen LogP) is 2.32. The fourth-order valence-electron chi connectivity index (χ4n) is 2.74. The topological polar surface area (TPSA) is 48.9 Å². The van der Waals surface area contributed by atoms with Crippen LogP contribution in [0.1, 0.15) is 39.0 Å². The molecule has 0 aromatic heterocycles. The maximum atomic E-state index is 5.08. The van der Waals surface area contributed by atoms with E-state index in [-0.39, 0.29) is 24.0 Å². The molecule has 0 aromatic rings. The number of likely N-dealkylation sites (N-methyl/N-ethyl adjacent to an activating group) is 1. The summed E-state index contributed by atoms with van der Waals surface area (Å²) in [4.78, 5) is 6.60. The molecule has 0 saturated heterocycles. The van der Waals surface area contributed by atoms with Crippen molar-refractivity contribution in [3.05, 3.63) is 0 Å². The maximum Gasteiger partial charge on any atom is 0.190 e. The average Bonchev–Trinajstić information content (AvgIpc) is 2.46. The van der Waals surface area contributed by atoms with Gasteiger partial charge < -0.3 is 20.3 Å². The van der Waals surface area contributed by atoms with Gasteiger partial charge in [0.05, 0.1) is 6.61 Å². The van der Waals surface area contributed by atoms with Crippen LogP contribution in [0.25, 0.3) is 0 Å². The van der Waals surface area contributed by atoms with E-state index < -0.39 is 0 Å². The van der Waals surface area contributed by atoms with Crippen molar-refractivity contribution in [1.82, 2.24) is 15.5 Å². The molecule has 5 nitrogen and oxygen atoms in total. The summed E-state index contributed by atoms with van der Waals surface area (Å²) >= 11 is 0. The minimum absolute atomic E-state index is 0. The van der Waals surface area contributed by atoms with E-state index in [1.807, 2.05) is 7.05 Å². The van der Waals surface area contributed by atoms with E-state index in [0.29, 0.717) is 5.41 Å².